The summed E-state index contributed by atoms with van der Waals surface area (Å²) in [6, 6.07) is 3.06. The molecule has 1 aromatic heterocycles. The van der Waals surface area contributed by atoms with Crippen LogP contribution >= 0.6 is 0 Å². The smallest absolute Gasteiger partial charge is 0.223 e. The molecule has 0 bridgehead atoms. The van der Waals surface area contributed by atoms with Crippen molar-refractivity contribution in [2.45, 2.75) is 38.8 Å². The Kier molecular flexibility index (Phi) is 3.39. The lowest BCUT2D eigenvalue weighted by Gasteiger charge is -2.35. The highest BCUT2D eigenvalue weighted by Gasteiger charge is 2.22. The van der Waals surface area contributed by atoms with Gasteiger partial charge in [0.15, 0.2) is 0 Å². The van der Waals surface area contributed by atoms with E-state index in [1.807, 2.05) is 19.2 Å². The Morgan fingerprint density at radius 3 is 3.00 bits per heavy atom. The molecule has 0 aliphatic carbocycles. The van der Waals surface area contributed by atoms with Gasteiger partial charge in [-0.15, -0.1) is 0 Å². The minimum atomic E-state index is 0.507. The second-order valence-corrected chi connectivity index (χ2v) is 4.72. The Morgan fingerprint density at radius 2 is 2.31 bits per heavy atom. The standard InChI is InChI=1S/C12H20N4/c1-9-4-6-13-12(14-9)15-11-5-7-16(3)10(2)8-11/h4,6,10-11H,5,7-8H2,1-3H3,(H,13,14,15). The predicted molar refractivity (Wildman–Crippen MR) is 65.5 cm³/mol. The number of piperidine rings is 1. The number of nitrogens with one attached hydrogen (secondary N) is 1. The van der Waals surface area contributed by atoms with Crippen molar-refractivity contribution in [2.24, 2.45) is 0 Å². The van der Waals surface area contributed by atoms with Crippen LogP contribution in [-0.2, 0) is 0 Å². The zero-order chi connectivity index (χ0) is 11.5. The van der Waals surface area contributed by atoms with Gasteiger partial charge < -0.3 is 10.2 Å². The number of hydrogen-bond acceptors (Lipinski definition) is 4. The molecule has 1 aliphatic rings. The molecule has 1 saturated heterocycles. The molecular formula is C12H20N4. The summed E-state index contributed by atoms with van der Waals surface area (Å²) in [5.41, 5.74) is 1.01. The van der Waals surface area contributed by atoms with Crippen molar-refractivity contribution in [1.29, 1.82) is 0 Å². The topological polar surface area (TPSA) is 41.1 Å². The maximum Gasteiger partial charge on any atom is 0.223 e. The van der Waals surface area contributed by atoms with E-state index >= 15 is 0 Å². The zero-order valence-electron chi connectivity index (χ0n) is 10.3. The van der Waals surface area contributed by atoms with Gasteiger partial charge in [-0.2, -0.15) is 0 Å². The molecule has 16 heavy (non-hydrogen) atoms. The van der Waals surface area contributed by atoms with E-state index in [1.165, 1.54) is 0 Å². The fraction of sp³-hybridized carbons (Fsp3) is 0.667. The summed E-state index contributed by atoms with van der Waals surface area (Å²) in [6.07, 6.45) is 4.13. The van der Waals surface area contributed by atoms with Crippen LogP contribution in [0.3, 0.4) is 0 Å². The summed E-state index contributed by atoms with van der Waals surface area (Å²) in [6.45, 7) is 5.40. The van der Waals surface area contributed by atoms with Gasteiger partial charge in [-0.1, -0.05) is 0 Å². The first-order valence-corrected chi connectivity index (χ1v) is 5.91. The lowest BCUT2D eigenvalue weighted by Crippen LogP contribution is -2.42. The highest BCUT2D eigenvalue weighted by atomic mass is 15.2. The lowest BCUT2D eigenvalue weighted by molar-refractivity contribution is 0.190. The number of nitrogens with zero attached hydrogens (tertiary/aromatic N) is 3. The zero-order valence-corrected chi connectivity index (χ0v) is 10.3. The second-order valence-electron chi connectivity index (χ2n) is 4.72. The van der Waals surface area contributed by atoms with E-state index < -0.39 is 0 Å². The molecule has 0 aromatic carbocycles. The maximum atomic E-state index is 4.38. The molecule has 2 rings (SSSR count). The van der Waals surface area contributed by atoms with Gasteiger partial charge in [-0.05, 0) is 39.8 Å². The predicted octanol–water partition coefficient (Wildman–Crippen LogP) is 1.68. The average Bonchev–Trinajstić information content (AvgIpc) is 2.24. The van der Waals surface area contributed by atoms with Crippen molar-refractivity contribution in [3.63, 3.8) is 0 Å². The van der Waals surface area contributed by atoms with Gasteiger partial charge in [0.1, 0.15) is 0 Å². The minimum Gasteiger partial charge on any atom is -0.351 e. The number of anilines is 1. The second kappa shape index (κ2) is 4.78. The third-order valence-corrected chi connectivity index (χ3v) is 3.34. The number of likely N-dealkylation sites (tertiary alicyclic amines) is 1. The molecule has 0 saturated carbocycles. The van der Waals surface area contributed by atoms with Gasteiger partial charge in [-0.3, -0.25) is 0 Å². The summed E-state index contributed by atoms with van der Waals surface area (Å²) in [7, 11) is 2.18. The molecule has 2 atom stereocenters. The maximum absolute atomic E-state index is 4.38. The molecule has 2 heterocycles. The van der Waals surface area contributed by atoms with Gasteiger partial charge in [0.2, 0.25) is 5.95 Å². The van der Waals surface area contributed by atoms with Crippen molar-refractivity contribution in [1.82, 2.24) is 14.9 Å². The van der Waals surface area contributed by atoms with Gasteiger partial charge in [0.25, 0.3) is 0 Å². The molecule has 1 N–H and O–H groups in total. The van der Waals surface area contributed by atoms with Crippen LogP contribution in [0.15, 0.2) is 12.3 Å². The average molecular weight is 220 g/mol. The van der Waals surface area contributed by atoms with Crippen LogP contribution in [0.25, 0.3) is 0 Å². The third kappa shape index (κ3) is 2.70. The van der Waals surface area contributed by atoms with Gasteiger partial charge in [-0.25, -0.2) is 9.97 Å². The number of aryl methyl sites for hydroxylation is 1. The Hall–Kier alpha value is -1.16. The summed E-state index contributed by atoms with van der Waals surface area (Å²) < 4.78 is 0. The molecule has 0 amide bonds. The summed E-state index contributed by atoms with van der Waals surface area (Å²) in [4.78, 5) is 11.0. The number of rotatable bonds is 2. The van der Waals surface area contributed by atoms with Crippen LogP contribution in [0.1, 0.15) is 25.5 Å². The van der Waals surface area contributed by atoms with E-state index in [4.69, 9.17) is 0 Å². The van der Waals surface area contributed by atoms with Crippen LogP contribution in [-0.4, -0.2) is 40.5 Å². The van der Waals surface area contributed by atoms with E-state index in [9.17, 15) is 0 Å². The van der Waals surface area contributed by atoms with Crippen LogP contribution in [0.5, 0.6) is 0 Å². The van der Waals surface area contributed by atoms with Crippen molar-refractivity contribution in [3.05, 3.63) is 18.0 Å². The van der Waals surface area contributed by atoms with Gasteiger partial charge >= 0.3 is 0 Å². The minimum absolute atomic E-state index is 0.507. The van der Waals surface area contributed by atoms with Gasteiger partial charge in [0.05, 0.1) is 0 Å². The van der Waals surface area contributed by atoms with E-state index in [-0.39, 0.29) is 0 Å². The van der Waals surface area contributed by atoms with Gasteiger partial charge in [0, 0.05) is 30.5 Å². The summed E-state index contributed by atoms with van der Waals surface area (Å²) in [5.74, 6) is 0.766. The van der Waals surface area contributed by atoms with Crippen molar-refractivity contribution in [3.8, 4) is 0 Å². The Morgan fingerprint density at radius 1 is 1.50 bits per heavy atom. The van der Waals surface area contributed by atoms with E-state index in [0.717, 1.165) is 31.0 Å². The molecule has 1 aliphatic heterocycles. The first-order valence-electron chi connectivity index (χ1n) is 5.91. The third-order valence-electron chi connectivity index (χ3n) is 3.34. The normalized spacial score (nSPS) is 26.7. The van der Waals surface area contributed by atoms with E-state index in [1.54, 1.807) is 0 Å². The molecule has 1 fully saturated rings. The highest BCUT2D eigenvalue weighted by Crippen LogP contribution is 2.18. The van der Waals surface area contributed by atoms with Crippen LogP contribution in [0, 0.1) is 6.92 Å². The highest BCUT2D eigenvalue weighted by molar-refractivity contribution is 5.26. The molecule has 88 valence electrons. The SMILES string of the molecule is Cc1ccnc(NC2CCN(C)C(C)C2)n1. The number of hydrogen-bond donors (Lipinski definition) is 1. The molecule has 0 radical (unpaired) electrons. The van der Waals surface area contributed by atoms with Crippen LogP contribution in [0.2, 0.25) is 0 Å². The summed E-state index contributed by atoms with van der Waals surface area (Å²) in [5, 5.41) is 3.42. The van der Waals surface area contributed by atoms with Crippen molar-refractivity contribution < 1.29 is 0 Å². The van der Waals surface area contributed by atoms with Crippen LogP contribution in [0.4, 0.5) is 5.95 Å². The molecule has 0 spiro atoms. The Bertz CT molecular complexity index is 353. The monoisotopic (exact) mass is 220 g/mol. The summed E-state index contributed by atoms with van der Waals surface area (Å²) >= 11 is 0. The van der Waals surface area contributed by atoms with Crippen molar-refractivity contribution in [2.75, 3.05) is 18.9 Å². The quantitative estimate of drug-likeness (QED) is 0.823. The molecule has 1 aromatic rings. The fourth-order valence-electron chi connectivity index (χ4n) is 2.12. The van der Waals surface area contributed by atoms with E-state index in [2.05, 4.69) is 34.2 Å². The Balaban J connectivity index is 1.95. The molecular weight excluding hydrogens is 200 g/mol. The number of aromatic nitrogens is 2. The Labute approximate surface area is 97.1 Å². The van der Waals surface area contributed by atoms with Crippen molar-refractivity contribution >= 4 is 5.95 Å². The largest absolute Gasteiger partial charge is 0.351 e. The molecule has 4 heteroatoms. The van der Waals surface area contributed by atoms with Crippen LogP contribution < -0.4 is 5.32 Å². The molecule has 2 unspecified atom stereocenters. The lowest BCUT2D eigenvalue weighted by atomic mass is 9.99. The fourth-order valence-corrected chi connectivity index (χ4v) is 2.12. The molecule has 4 nitrogen and oxygen atoms in total. The first-order chi connectivity index (χ1) is 7.65. The first kappa shape index (κ1) is 11.3. The van der Waals surface area contributed by atoms with E-state index in [0.29, 0.717) is 12.1 Å².